The summed E-state index contributed by atoms with van der Waals surface area (Å²) in [4.78, 5) is 15.4. The molecule has 0 radical (unpaired) electrons. The van der Waals surface area contributed by atoms with Crippen molar-refractivity contribution in [2.45, 2.75) is 6.42 Å². The van der Waals surface area contributed by atoms with Crippen molar-refractivity contribution >= 4 is 0 Å². The third-order valence-corrected chi connectivity index (χ3v) is 4.33. The number of hydrogen-bond donors (Lipinski definition) is 0. The second kappa shape index (κ2) is 9.23. The topological polar surface area (TPSA) is 90.1 Å². The molecule has 3 aromatic heterocycles. The molecule has 4 aromatic rings. The maximum Gasteiger partial charge on any atom is 0.268 e. The van der Waals surface area contributed by atoms with Gasteiger partial charge in [-0.3, -0.25) is 4.98 Å². The van der Waals surface area contributed by atoms with Crippen molar-refractivity contribution < 1.29 is 9.15 Å². The molecule has 0 spiro atoms. The molecule has 0 aliphatic heterocycles. The van der Waals surface area contributed by atoms with E-state index in [1.165, 1.54) is 0 Å². The molecule has 0 N–H and O–H groups in total. The van der Waals surface area contributed by atoms with Crippen LogP contribution in [0.5, 0.6) is 5.88 Å². The van der Waals surface area contributed by atoms with Crippen LogP contribution in [0, 0.1) is 0 Å². The van der Waals surface area contributed by atoms with Gasteiger partial charge in [0.15, 0.2) is 0 Å². The minimum absolute atomic E-state index is 0.317. The van der Waals surface area contributed by atoms with E-state index in [1.54, 1.807) is 18.6 Å². The SMILES string of the molecule is CN(C)CCCOc1ccc(-c2cncc(-c3nnc(-c4ccccc4)o3)n2)cn1. The second-order valence-corrected chi connectivity index (χ2v) is 6.96. The molecular weight excluding hydrogens is 380 g/mol. The maximum atomic E-state index is 5.77. The van der Waals surface area contributed by atoms with Crippen LogP contribution in [0.15, 0.2) is 65.5 Å². The third kappa shape index (κ3) is 4.84. The predicted octanol–water partition coefficient (Wildman–Crippen LogP) is 3.59. The van der Waals surface area contributed by atoms with Gasteiger partial charge in [0, 0.05) is 29.9 Å². The Morgan fingerprint density at radius 2 is 1.67 bits per heavy atom. The lowest BCUT2D eigenvalue weighted by Crippen LogP contribution is -2.15. The largest absolute Gasteiger partial charge is 0.478 e. The fraction of sp³-hybridized carbons (Fsp3) is 0.227. The molecule has 0 saturated heterocycles. The number of pyridine rings is 1. The van der Waals surface area contributed by atoms with Gasteiger partial charge in [0.25, 0.3) is 5.89 Å². The highest BCUT2D eigenvalue weighted by Gasteiger charge is 2.13. The predicted molar refractivity (Wildman–Crippen MR) is 113 cm³/mol. The van der Waals surface area contributed by atoms with Crippen LogP contribution >= 0.6 is 0 Å². The molecule has 0 aliphatic rings. The first kappa shape index (κ1) is 19.7. The van der Waals surface area contributed by atoms with Gasteiger partial charge in [0.1, 0.15) is 5.69 Å². The lowest BCUT2D eigenvalue weighted by molar-refractivity contribution is 0.273. The van der Waals surface area contributed by atoms with Crippen molar-refractivity contribution in [3.63, 3.8) is 0 Å². The van der Waals surface area contributed by atoms with Crippen LogP contribution in [0.2, 0.25) is 0 Å². The Kier molecular flexibility index (Phi) is 6.05. The quantitative estimate of drug-likeness (QED) is 0.413. The summed E-state index contributed by atoms with van der Waals surface area (Å²) >= 11 is 0. The molecule has 8 nitrogen and oxygen atoms in total. The van der Waals surface area contributed by atoms with E-state index in [0.717, 1.165) is 24.1 Å². The van der Waals surface area contributed by atoms with Crippen molar-refractivity contribution in [1.82, 2.24) is 30.0 Å². The zero-order chi connectivity index (χ0) is 20.8. The molecule has 1 aromatic carbocycles. The molecule has 0 bridgehead atoms. The number of nitrogens with zero attached hydrogens (tertiary/aromatic N) is 6. The van der Waals surface area contributed by atoms with E-state index in [4.69, 9.17) is 9.15 Å². The molecule has 8 heteroatoms. The van der Waals surface area contributed by atoms with Gasteiger partial charge in [-0.05, 0) is 38.7 Å². The number of hydrogen-bond acceptors (Lipinski definition) is 8. The molecule has 0 saturated carbocycles. The van der Waals surface area contributed by atoms with Gasteiger partial charge >= 0.3 is 0 Å². The summed E-state index contributed by atoms with van der Waals surface area (Å²) in [5.41, 5.74) is 2.85. The van der Waals surface area contributed by atoms with Crippen molar-refractivity contribution in [2.24, 2.45) is 0 Å². The standard InChI is InChI=1S/C22H22N6O2/c1-28(2)11-6-12-29-20-10-9-17(13-24-20)18-14-23-15-19(25-18)22-27-26-21(30-22)16-7-4-3-5-8-16/h3-5,7-10,13-15H,6,11-12H2,1-2H3. The van der Waals surface area contributed by atoms with Gasteiger partial charge in [0.2, 0.25) is 11.8 Å². The summed E-state index contributed by atoms with van der Waals surface area (Å²) in [5.74, 6) is 1.35. The zero-order valence-electron chi connectivity index (χ0n) is 16.9. The van der Waals surface area contributed by atoms with Crippen LogP contribution in [0.25, 0.3) is 34.3 Å². The molecule has 0 amide bonds. The fourth-order valence-corrected chi connectivity index (χ4v) is 2.81. The summed E-state index contributed by atoms with van der Waals surface area (Å²) in [6.07, 6.45) is 5.94. The van der Waals surface area contributed by atoms with E-state index in [2.05, 4.69) is 30.0 Å². The first-order chi connectivity index (χ1) is 14.7. The van der Waals surface area contributed by atoms with Gasteiger partial charge in [-0.1, -0.05) is 18.2 Å². The number of ether oxygens (including phenoxy) is 1. The summed E-state index contributed by atoms with van der Waals surface area (Å²) in [5, 5.41) is 8.21. The van der Waals surface area contributed by atoms with Gasteiger partial charge < -0.3 is 14.1 Å². The van der Waals surface area contributed by atoms with Crippen LogP contribution in [0.1, 0.15) is 6.42 Å². The van der Waals surface area contributed by atoms with Gasteiger partial charge in [0.05, 0.1) is 24.7 Å². The summed E-state index contributed by atoms with van der Waals surface area (Å²) in [6, 6.07) is 13.3. The number of rotatable bonds is 8. The van der Waals surface area contributed by atoms with Gasteiger partial charge in [-0.15, -0.1) is 10.2 Å². The first-order valence-corrected chi connectivity index (χ1v) is 9.64. The van der Waals surface area contributed by atoms with E-state index in [1.807, 2.05) is 56.6 Å². The van der Waals surface area contributed by atoms with E-state index in [-0.39, 0.29) is 0 Å². The Balaban J connectivity index is 1.47. The summed E-state index contributed by atoms with van der Waals surface area (Å²) in [6.45, 7) is 1.60. The maximum absolute atomic E-state index is 5.77. The van der Waals surface area contributed by atoms with Crippen molar-refractivity contribution in [3.8, 4) is 40.2 Å². The monoisotopic (exact) mass is 402 g/mol. The summed E-state index contributed by atoms with van der Waals surface area (Å²) < 4.78 is 11.5. The Morgan fingerprint density at radius 3 is 2.43 bits per heavy atom. The van der Waals surface area contributed by atoms with Gasteiger partial charge in [-0.2, -0.15) is 0 Å². The number of aromatic nitrogens is 5. The Bertz CT molecular complexity index is 1080. The Hall–Kier alpha value is -3.65. The Labute approximate surface area is 174 Å². The highest BCUT2D eigenvalue weighted by molar-refractivity contribution is 5.61. The molecule has 4 rings (SSSR count). The van der Waals surface area contributed by atoms with Crippen molar-refractivity contribution in [1.29, 1.82) is 0 Å². The van der Waals surface area contributed by atoms with Crippen LogP contribution in [-0.2, 0) is 0 Å². The molecule has 30 heavy (non-hydrogen) atoms. The zero-order valence-corrected chi connectivity index (χ0v) is 16.9. The van der Waals surface area contributed by atoms with Crippen LogP contribution in [0.3, 0.4) is 0 Å². The third-order valence-electron chi connectivity index (χ3n) is 4.33. The molecule has 0 aliphatic carbocycles. The lowest BCUT2D eigenvalue weighted by atomic mass is 10.2. The van der Waals surface area contributed by atoms with Crippen LogP contribution in [0.4, 0.5) is 0 Å². The van der Waals surface area contributed by atoms with Crippen LogP contribution < -0.4 is 4.74 Å². The average Bonchev–Trinajstić information content (AvgIpc) is 3.28. The fourth-order valence-electron chi connectivity index (χ4n) is 2.81. The molecule has 0 fully saturated rings. The molecular formula is C22H22N6O2. The smallest absolute Gasteiger partial charge is 0.268 e. The number of benzene rings is 1. The summed E-state index contributed by atoms with van der Waals surface area (Å²) in [7, 11) is 4.08. The van der Waals surface area contributed by atoms with E-state index in [9.17, 15) is 0 Å². The van der Waals surface area contributed by atoms with E-state index < -0.39 is 0 Å². The highest BCUT2D eigenvalue weighted by atomic mass is 16.5. The molecule has 0 atom stereocenters. The first-order valence-electron chi connectivity index (χ1n) is 9.64. The van der Waals surface area contributed by atoms with Crippen molar-refractivity contribution in [3.05, 3.63) is 61.1 Å². The van der Waals surface area contributed by atoms with E-state index >= 15 is 0 Å². The second-order valence-electron chi connectivity index (χ2n) is 6.96. The Morgan fingerprint density at radius 1 is 0.867 bits per heavy atom. The molecule has 0 unspecified atom stereocenters. The average molecular weight is 402 g/mol. The van der Waals surface area contributed by atoms with Gasteiger partial charge in [-0.25, -0.2) is 9.97 Å². The highest BCUT2D eigenvalue weighted by Crippen LogP contribution is 2.24. The normalized spacial score (nSPS) is 11.0. The lowest BCUT2D eigenvalue weighted by Gasteiger charge is -2.10. The van der Waals surface area contributed by atoms with E-state index in [0.29, 0.717) is 35.7 Å². The minimum Gasteiger partial charge on any atom is -0.478 e. The van der Waals surface area contributed by atoms with Crippen molar-refractivity contribution in [2.75, 3.05) is 27.2 Å². The molecule has 152 valence electrons. The molecule has 3 heterocycles. The minimum atomic E-state index is 0.317. The van der Waals surface area contributed by atoms with Crippen LogP contribution in [-0.4, -0.2) is 57.3 Å².